The highest BCUT2D eigenvalue weighted by Crippen LogP contribution is 2.38. The van der Waals surface area contributed by atoms with Gasteiger partial charge in [0.2, 0.25) is 0 Å². The third-order valence-corrected chi connectivity index (χ3v) is 5.94. The smallest absolute Gasteiger partial charge is 0.0711 e. The van der Waals surface area contributed by atoms with Crippen molar-refractivity contribution in [3.63, 3.8) is 0 Å². The maximum atomic E-state index is 4.95. The number of allylic oxidation sites excluding steroid dienone is 8. The van der Waals surface area contributed by atoms with E-state index in [1.165, 1.54) is 27.8 Å². The third kappa shape index (κ3) is 5.50. The van der Waals surface area contributed by atoms with Gasteiger partial charge in [-0.2, -0.15) is 0 Å². The topological polar surface area (TPSA) is 12.4 Å². The Morgan fingerprint density at radius 1 is 0.912 bits per heavy atom. The number of nitrogens with zero attached hydrogens (tertiary/aromatic N) is 1. The van der Waals surface area contributed by atoms with Crippen molar-refractivity contribution in [3.8, 4) is 0 Å². The van der Waals surface area contributed by atoms with Crippen molar-refractivity contribution < 1.29 is 0 Å². The van der Waals surface area contributed by atoms with E-state index in [-0.39, 0.29) is 0 Å². The zero-order chi connectivity index (χ0) is 23.9. The summed E-state index contributed by atoms with van der Waals surface area (Å²) in [5.41, 5.74) is 11.5. The first-order chi connectivity index (χ1) is 16.5. The molecule has 3 aromatic carbocycles. The van der Waals surface area contributed by atoms with Crippen molar-refractivity contribution in [3.05, 3.63) is 155 Å². The minimum atomic E-state index is 0.756. The zero-order valence-electron chi connectivity index (χ0n) is 20.3. The standard InChI is InChI=1S/C33H31N/c1-5-6-13-29-23-30-19-18-24(2)20-31(30)32(29)21-25(3)22-33(28-16-11-8-12-17-28)34-26(4)27-14-9-7-10-15-27/h5-22H,4,23H2,1-3H3/b6-5-,25-22+,29-13-,32-21-,34-33?. The van der Waals surface area contributed by atoms with Gasteiger partial charge in [-0.05, 0) is 66.7 Å². The fraction of sp³-hybridized carbons (Fsp3) is 0.121. The van der Waals surface area contributed by atoms with Gasteiger partial charge in [0, 0.05) is 5.56 Å². The maximum Gasteiger partial charge on any atom is 0.0711 e. The fourth-order valence-corrected chi connectivity index (χ4v) is 4.21. The highest BCUT2D eigenvalue weighted by molar-refractivity contribution is 6.11. The molecule has 0 radical (unpaired) electrons. The summed E-state index contributed by atoms with van der Waals surface area (Å²) >= 11 is 0. The van der Waals surface area contributed by atoms with E-state index in [1.54, 1.807) is 0 Å². The molecule has 0 saturated carbocycles. The van der Waals surface area contributed by atoms with E-state index >= 15 is 0 Å². The molecule has 0 heterocycles. The van der Waals surface area contributed by atoms with Crippen LogP contribution in [-0.2, 0) is 6.42 Å². The molecular formula is C33H31N. The maximum absolute atomic E-state index is 4.95. The van der Waals surface area contributed by atoms with Crippen LogP contribution in [0.5, 0.6) is 0 Å². The van der Waals surface area contributed by atoms with E-state index in [0.717, 1.165) is 34.5 Å². The summed E-state index contributed by atoms with van der Waals surface area (Å²) < 4.78 is 0. The van der Waals surface area contributed by atoms with Gasteiger partial charge in [-0.15, -0.1) is 0 Å². The van der Waals surface area contributed by atoms with Crippen molar-refractivity contribution in [1.82, 2.24) is 0 Å². The van der Waals surface area contributed by atoms with Crippen LogP contribution < -0.4 is 0 Å². The van der Waals surface area contributed by atoms with Gasteiger partial charge < -0.3 is 0 Å². The number of rotatable bonds is 6. The summed E-state index contributed by atoms with van der Waals surface area (Å²) in [4.78, 5) is 4.95. The molecule has 168 valence electrons. The molecule has 3 aromatic rings. The molecule has 0 spiro atoms. The lowest BCUT2D eigenvalue weighted by Gasteiger charge is -2.08. The SMILES string of the molecule is C=C(N=C(/C=C(C)/C=C1/C(=C\C=C/C)Cc2ccc(C)cc21)c1ccccc1)c1ccccc1. The lowest BCUT2D eigenvalue weighted by molar-refractivity contribution is 1.26. The highest BCUT2D eigenvalue weighted by Gasteiger charge is 2.20. The first-order valence-corrected chi connectivity index (χ1v) is 11.8. The molecule has 0 saturated heterocycles. The Kier molecular flexibility index (Phi) is 7.34. The van der Waals surface area contributed by atoms with Crippen LogP contribution in [0.3, 0.4) is 0 Å². The van der Waals surface area contributed by atoms with Crippen molar-refractivity contribution in [2.45, 2.75) is 27.2 Å². The molecule has 1 aliphatic rings. The van der Waals surface area contributed by atoms with Crippen molar-refractivity contribution in [2.24, 2.45) is 4.99 Å². The van der Waals surface area contributed by atoms with Crippen LogP contribution in [0.15, 0.2) is 132 Å². The van der Waals surface area contributed by atoms with E-state index in [1.807, 2.05) is 48.5 Å². The molecule has 0 unspecified atom stereocenters. The molecule has 0 aromatic heterocycles. The number of aliphatic imine (C=N–C) groups is 1. The fourth-order valence-electron chi connectivity index (χ4n) is 4.21. The quantitative estimate of drug-likeness (QED) is 0.340. The number of benzene rings is 3. The van der Waals surface area contributed by atoms with E-state index in [0.29, 0.717) is 0 Å². The van der Waals surface area contributed by atoms with E-state index in [4.69, 9.17) is 4.99 Å². The second-order valence-electron chi connectivity index (χ2n) is 8.68. The first kappa shape index (κ1) is 23.2. The number of aryl methyl sites for hydroxylation is 1. The van der Waals surface area contributed by atoms with Gasteiger partial charge in [0.25, 0.3) is 0 Å². The Hall–Kier alpha value is -3.97. The van der Waals surface area contributed by atoms with Gasteiger partial charge in [-0.25, -0.2) is 4.99 Å². The molecule has 0 atom stereocenters. The minimum absolute atomic E-state index is 0.756. The Morgan fingerprint density at radius 2 is 1.59 bits per heavy atom. The lowest BCUT2D eigenvalue weighted by atomic mass is 9.99. The second kappa shape index (κ2) is 10.8. The molecular weight excluding hydrogens is 410 g/mol. The van der Waals surface area contributed by atoms with Crippen LogP contribution in [0.2, 0.25) is 0 Å². The van der Waals surface area contributed by atoms with Crippen LogP contribution in [0.4, 0.5) is 0 Å². The normalized spacial score (nSPS) is 16.4. The van der Waals surface area contributed by atoms with Gasteiger partial charge in [-0.3, -0.25) is 0 Å². The number of fused-ring (bicyclic) bond motifs is 1. The molecule has 1 aliphatic carbocycles. The van der Waals surface area contributed by atoms with Crippen molar-refractivity contribution in [1.29, 1.82) is 0 Å². The molecule has 34 heavy (non-hydrogen) atoms. The van der Waals surface area contributed by atoms with Gasteiger partial charge in [-0.1, -0.05) is 115 Å². The summed E-state index contributed by atoms with van der Waals surface area (Å²) in [5, 5.41) is 0. The average Bonchev–Trinajstić information content (AvgIpc) is 3.19. The van der Waals surface area contributed by atoms with Gasteiger partial charge >= 0.3 is 0 Å². The van der Waals surface area contributed by atoms with E-state index < -0.39 is 0 Å². The van der Waals surface area contributed by atoms with Crippen LogP contribution in [0.1, 0.15) is 41.7 Å². The van der Waals surface area contributed by atoms with Crippen LogP contribution >= 0.6 is 0 Å². The van der Waals surface area contributed by atoms with Gasteiger partial charge in [0.15, 0.2) is 0 Å². The minimum Gasteiger partial charge on any atom is -0.248 e. The monoisotopic (exact) mass is 441 g/mol. The van der Waals surface area contributed by atoms with Crippen molar-refractivity contribution >= 4 is 17.0 Å². The number of hydrogen-bond acceptors (Lipinski definition) is 1. The second-order valence-corrected chi connectivity index (χ2v) is 8.68. The van der Waals surface area contributed by atoms with Crippen LogP contribution in [0, 0.1) is 6.92 Å². The summed E-state index contributed by atoms with van der Waals surface area (Å²) in [6.07, 6.45) is 11.9. The molecule has 0 N–H and O–H groups in total. The number of hydrogen-bond donors (Lipinski definition) is 0. The molecule has 1 heteroatoms. The van der Waals surface area contributed by atoms with E-state index in [2.05, 4.69) is 88.1 Å². The Balaban J connectivity index is 1.78. The third-order valence-electron chi connectivity index (χ3n) is 5.94. The van der Waals surface area contributed by atoms with Gasteiger partial charge in [0.1, 0.15) is 0 Å². The Bertz CT molecular complexity index is 1330. The Morgan fingerprint density at radius 3 is 2.26 bits per heavy atom. The van der Waals surface area contributed by atoms with Crippen LogP contribution in [0.25, 0.3) is 11.3 Å². The predicted molar refractivity (Wildman–Crippen MR) is 148 cm³/mol. The molecule has 0 bridgehead atoms. The molecule has 0 fully saturated rings. The van der Waals surface area contributed by atoms with E-state index in [9.17, 15) is 0 Å². The summed E-state index contributed by atoms with van der Waals surface area (Å²) in [7, 11) is 0. The van der Waals surface area contributed by atoms with Crippen molar-refractivity contribution in [2.75, 3.05) is 0 Å². The first-order valence-electron chi connectivity index (χ1n) is 11.8. The molecule has 0 amide bonds. The van der Waals surface area contributed by atoms with Crippen LogP contribution in [-0.4, -0.2) is 5.71 Å². The largest absolute Gasteiger partial charge is 0.248 e. The average molecular weight is 442 g/mol. The molecule has 0 aliphatic heterocycles. The lowest BCUT2D eigenvalue weighted by Crippen LogP contribution is -1.99. The summed E-state index contributed by atoms with van der Waals surface area (Å²) in [6.45, 7) is 10.6. The zero-order valence-corrected chi connectivity index (χ0v) is 20.3. The predicted octanol–water partition coefficient (Wildman–Crippen LogP) is 8.54. The highest BCUT2D eigenvalue weighted by atomic mass is 14.8. The summed E-state index contributed by atoms with van der Waals surface area (Å²) in [5.74, 6) is 0. The van der Waals surface area contributed by atoms with Gasteiger partial charge in [0.05, 0.1) is 11.4 Å². The summed E-state index contributed by atoms with van der Waals surface area (Å²) in [6, 6.07) is 27.2. The molecule has 4 rings (SSSR count). The Labute approximate surface area is 203 Å². The molecule has 1 nitrogen and oxygen atoms in total.